The number of halogens is 1. The fourth-order valence-electron chi connectivity index (χ4n) is 1.24. The van der Waals surface area contributed by atoms with Crippen LogP contribution >= 0.6 is 0 Å². The molecular weight excluding hydrogens is 203 g/mol. The summed E-state index contributed by atoms with van der Waals surface area (Å²) < 4.78 is 13.3. The van der Waals surface area contributed by atoms with Crippen LogP contribution in [-0.2, 0) is 0 Å². The first-order valence-corrected chi connectivity index (χ1v) is 5.34. The van der Waals surface area contributed by atoms with Gasteiger partial charge in [-0.25, -0.2) is 4.39 Å². The minimum absolute atomic E-state index is 0.262. The minimum atomic E-state index is -1.05. The molecule has 1 aromatic rings. The quantitative estimate of drug-likeness (QED) is 0.721. The van der Waals surface area contributed by atoms with Gasteiger partial charge < -0.3 is 5.11 Å². The summed E-state index contributed by atoms with van der Waals surface area (Å²) >= 11 is 0. The predicted molar refractivity (Wildman–Crippen MR) is 63.7 cm³/mol. The summed E-state index contributed by atoms with van der Waals surface area (Å²) in [6, 6.07) is 4.75. The van der Waals surface area contributed by atoms with Gasteiger partial charge in [-0.15, -0.1) is 0 Å². The van der Waals surface area contributed by atoms with Gasteiger partial charge in [-0.2, -0.15) is 0 Å². The van der Waals surface area contributed by atoms with E-state index in [4.69, 9.17) is 0 Å². The summed E-state index contributed by atoms with van der Waals surface area (Å²) in [6.45, 7) is 7.20. The van der Waals surface area contributed by atoms with E-state index in [-0.39, 0.29) is 11.7 Å². The normalized spacial score (nSPS) is 11.2. The molecule has 0 aromatic heterocycles. The van der Waals surface area contributed by atoms with Crippen molar-refractivity contribution in [3.05, 3.63) is 35.1 Å². The second kappa shape index (κ2) is 4.67. The highest BCUT2D eigenvalue weighted by Gasteiger charge is 2.07. The van der Waals surface area contributed by atoms with Crippen LogP contribution in [0, 0.1) is 17.7 Å². The lowest BCUT2D eigenvalue weighted by Crippen LogP contribution is -2.14. The SMILES string of the molecule is CC(C)c1cc(F)cc(C#CC(C)(C)O)c1. The molecule has 0 spiro atoms. The van der Waals surface area contributed by atoms with Crippen molar-refractivity contribution in [2.24, 2.45) is 0 Å². The summed E-state index contributed by atoms with van der Waals surface area (Å²) in [6.07, 6.45) is 0. The second-order valence-electron chi connectivity index (χ2n) is 4.74. The molecule has 0 atom stereocenters. The number of hydrogen-bond acceptors (Lipinski definition) is 1. The van der Waals surface area contributed by atoms with E-state index >= 15 is 0 Å². The summed E-state index contributed by atoms with van der Waals surface area (Å²) in [7, 11) is 0. The van der Waals surface area contributed by atoms with Crippen LogP contribution in [-0.4, -0.2) is 10.7 Å². The third-order valence-electron chi connectivity index (χ3n) is 2.10. The van der Waals surface area contributed by atoms with Crippen molar-refractivity contribution in [2.75, 3.05) is 0 Å². The fraction of sp³-hybridized carbons (Fsp3) is 0.429. The van der Waals surface area contributed by atoms with E-state index in [1.165, 1.54) is 12.1 Å². The summed E-state index contributed by atoms with van der Waals surface area (Å²) in [5.41, 5.74) is 0.468. The molecule has 0 saturated heterocycles. The zero-order chi connectivity index (χ0) is 12.3. The molecule has 0 fully saturated rings. The smallest absolute Gasteiger partial charge is 0.124 e. The van der Waals surface area contributed by atoms with Gasteiger partial charge in [0, 0.05) is 5.56 Å². The van der Waals surface area contributed by atoms with Gasteiger partial charge in [-0.05, 0) is 43.5 Å². The molecule has 0 amide bonds. The molecular formula is C14H17FO. The standard InChI is InChI=1S/C14H17FO/c1-10(2)12-7-11(8-13(15)9-12)5-6-14(3,4)16/h7-10,16H,1-4H3. The van der Waals surface area contributed by atoms with Crippen LogP contribution in [0.1, 0.15) is 44.7 Å². The summed E-state index contributed by atoms with van der Waals surface area (Å²) in [5, 5.41) is 9.46. The summed E-state index contributed by atoms with van der Waals surface area (Å²) in [4.78, 5) is 0. The molecule has 0 aliphatic heterocycles. The first kappa shape index (κ1) is 12.7. The number of rotatable bonds is 1. The van der Waals surface area contributed by atoms with Crippen LogP contribution in [0.2, 0.25) is 0 Å². The van der Waals surface area contributed by atoms with Crippen LogP contribution in [0.3, 0.4) is 0 Å². The Hall–Kier alpha value is -1.33. The van der Waals surface area contributed by atoms with Gasteiger partial charge in [0.15, 0.2) is 0 Å². The highest BCUT2D eigenvalue weighted by atomic mass is 19.1. The third-order valence-corrected chi connectivity index (χ3v) is 2.10. The van der Waals surface area contributed by atoms with Gasteiger partial charge in [-0.3, -0.25) is 0 Å². The maximum atomic E-state index is 13.3. The molecule has 0 radical (unpaired) electrons. The maximum absolute atomic E-state index is 13.3. The molecule has 1 nitrogen and oxygen atoms in total. The zero-order valence-electron chi connectivity index (χ0n) is 10.1. The van der Waals surface area contributed by atoms with Crippen molar-refractivity contribution in [3.8, 4) is 11.8 Å². The van der Waals surface area contributed by atoms with Crippen LogP contribution in [0.4, 0.5) is 4.39 Å². The van der Waals surface area contributed by atoms with Gasteiger partial charge in [0.25, 0.3) is 0 Å². The van der Waals surface area contributed by atoms with Crippen molar-refractivity contribution < 1.29 is 9.50 Å². The molecule has 0 aliphatic rings. The first-order chi connectivity index (χ1) is 7.28. The van der Waals surface area contributed by atoms with Gasteiger partial charge in [0.1, 0.15) is 11.4 Å². The number of benzene rings is 1. The Labute approximate surface area is 96.3 Å². The van der Waals surface area contributed by atoms with E-state index in [1.54, 1.807) is 13.8 Å². The van der Waals surface area contributed by atoms with Crippen LogP contribution in [0.5, 0.6) is 0 Å². The van der Waals surface area contributed by atoms with Gasteiger partial charge in [-0.1, -0.05) is 25.7 Å². The Morgan fingerprint density at radius 2 is 1.88 bits per heavy atom. The van der Waals surface area contributed by atoms with E-state index in [0.717, 1.165) is 5.56 Å². The lowest BCUT2D eigenvalue weighted by molar-refractivity contribution is 0.143. The Bertz CT molecular complexity index is 430. The van der Waals surface area contributed by atoms with Crippen molar-refractivity contribution in [2.45, 2.75) is 39.2 Å². The molecule has 0 bridgehead atoms. The monoisotopic (exact) mass is 220 g/mol. The van der Waals surface area contributed by atoms with Crippen molar-refractivity contribution in [1.29, 1.82) is 0 Å². The molecule has 16 heavy (non-hydrogen) atoms. The van der Waals surface area contributed by atoms with E-state index < -0.39 is 5.60 Å². The van der Waals surface area contributed by atoms with E-state index in [9.17, 15) is 9.50 Å². The number of aliphatic hydroxyl groups is 1. The predicted octanol–water partition coefficient (Wildman–Crippen LogP) is 3.07. The second-order valence-corrected chi connectivity index (χ2v) is 4.74. The average Bonchev–Trinajstić information content (AvgIpc) is 2.13. The van der Waals surface area contributed by atoms with Crippen LogP contribution in [0.25, 0.3) is 0 Å². The van der Waals surface area contributed by atoms with Crippen molar-refractivity contribution in [3.63, 3.8) is 0 Å². The highest BCUT2D eigenvalue weighted by molar-refractivity contribution is 5.39. The van der Waals surface area contributed by atoms with E-state index in [0.29, 0.717) is 5.56 Å². The topological polar surface area (TPSA) is 20.2 Å². The maximum Gasteiger partial charge on any atom is 0.124 e. The Morgan fingerprint density at radius 1 is 1.25 bits per heavy atom. The third kappa shape index (κ3) is 4.04. The lowest BCUT2D eigenvalue weighted by atomic mass is 10.0. The Kier molecular flexibility index (Phi) is 3.72. The average molecular weight is 220 g/mol. The molecule has 0 aliphatic carbocycles. The number of hydrogen-bond donors (Lipinski definition) is 1. The van der Waals surface area contributed by atoms with E-state index in [2.05, 4.69) is 11.8 Å². The molecule has 86 valence electrons. The van der Waals surface area contributed by atoms with E-state index in [1.807, 2.05) is 19.9 Å². The minimum Gasteiger partial charge on any atom is -0.378 e. The Balaban J connectivity index is 3.09. The fourth-order valence-corrected chi connectivity index (χ4v) is 1.24. The Morgan fingerprint density at radius 3 is 2.38 bits per heavy atom. The zero-order valence-corrected chi connectivity index (χ0v) is 10.1. The molecule has 1 N–H and O–H groups in total. The largest absolute Gasteiger partial charge is 0.378 e. The molecule has 1 rings (SSSR count). The van der Waals surface area contributed by atoms with Gasteiger partial charge in [0.05, 0.1) is 0 Å². The molecule has 0 unspecified atom stereocenters. The van der Waals surface area contributed by atoms with Crippen molar-refractivity contribution >= 4 is 0 Å². The first-order valence-electron chi connectivity index (χ1n) is 5.34. The van der Waals surface area contributed by atoms with Crippen LogP contribution in [0.15, 0.2) is 18.2 Å². The molecule has 0 heterocycles. The van der Waals surface area contributed by atoms with Crippen molar-refractivity contribution in [1.82, 2.24) is 0 Å². The van der Waals surface area contributed by atoms with Gasteiger partial charge in [0.2, 0.25) is 0 Å². The highest BCUT2D eigenvalue weighted by Crippen LogP contribution is 2.17. The molecule has 2 heteroatoms. The molecule has 1 aromatic carbocycles. The van der Waals surface area contributed by atoms with Crippen LogP contribution < -0.4 is 0 Å². The molecule has 0 saturated carbocycles. The van der Waals surface area contributed by atoms with Gasteiger partial charge >= 0.3 is 0 Å². The lowest BCUT2D eigenvalue weighted by Gasteiger charge is -2.08. The summed E-state index contributed by atoms with van der Waals surface area (Å²) in [5.74, 6) is 5.43.